The summed E-state index contributed by atoms with van der Waals surface area (Å²) in [7, 11) is 0. The summed E-state index contributed by atoms with van der Waals surface area (Å²) in [6, 6.07) is 15.5. The van der Waals surface area contributed by atoms with E-state index in [1.807, 2.05) is 54.6 Å². The summed E-state index contributed by atoms with van der Waals surface area (Å²) in [6.45, 7) is 4.62. The smallest absolute Gasteiger partial charge is 0.263 e. The molecule has 1 heterocycles. The van der Waals surface area contributed by atoms with Crippen LogP contribution >= 0.6 is 24.0 Å². The van der Waals surface area contributed by atoms with Crippen LogP contribution in [0.3, 0.4) is 0 Å². The summed E-state index contributed by atoms with van der Waals surface area (Å²) in [6.07, 6.45) is 4.42. The van der Waals surface area contributed by atoms with Crippen LogP contribution in [0.4, 0.5) is 0 Å². The fraction of sp³-hybridized carbons (Fsp3) is 0.143. The summed E-state index contributed by atoms with van der Waals surface area (Å²) in [5.74, 6) is 1.40. The van der Waals surface area contributed by atoms with E-state index in [4.69, 9.17) is 21.7 Å². The topological polar surface area (TPSA) is 47.6 Å². The van der Waals surface area contributed by atoms with Crippen molar-refractivity contribution in [3.8, 4) is 11.5 Å². The fourth-order valence-electron chi connectivity index (χ4n) is 2.55. The highest BCUT2D eigenvalue weighted by atomic mass is 32.2. The third-order valence-electron chi connectivity index (χ3n) is 3.74. The van der Waals surface area contributed by atoms with Gasteiger partial charge in [0.25, 0.3) is 5.91 Å². The predicted octanol–water partition coefficient (Wildman–Crippen LogP) is 4.36. The van der Waals surface area contributed by atoms with Crippen LogP contribution in [0.5, 0.6) is 11.5 Å². The lowest BCUT2D eigenvalue weighted by Gasteiger charge is -2.11. The Balaban J connectivity index is 1.55. The number of hydrogen-bond donors (Lipinski definition) is 1. The standard InChI is InChI=1S/C21H19NO3S2/c1-2-6-16-8-3-4-10-18(16)25-12-11-24-17-9-5-7-15(13-17)14-19-20(23)22-21(26)27-19/h2-5,7-10,13-14H,1,6,11-12H2,(H,22,23,26). The molecule has 0 spiro atoms. The van der Waals surface area contributed by atoms with E-state index < -0.39 is 0 Å². The van der Waals surface area contributed by atoms with E-state index in [0.717, 1.165) is 29.0 Å². The van der Waals surface area contributed by atoms with E-state index in [0.29, 0.717) is 22.4 Å². The lowest BCUT2D eigenvalue weighted by molar-refractivity contribution is -0.115. The van der Waals surface area contributed by atoms with Crippen molar-refractivity contribution in [1.82, 2.24) is 5.32 Å². The molecule has 1 N–H and O–H groups in total. The van der Waals surface area contributed by atoms with Gasteiger partial charge in [0, 0.05) is 0 Å². The third kappa shape index (κ3) is 5.45. The minimum atomic E-state index is -0.164. The van der Waals surface area contributed by atoms with Gasteiger partial charge in [-0.2, -0.15) is 0 Å². The Hall–Kier alpha value is -2.57. The van der Waals surface area contributed by atoms with E-state index in [1.165, 1.54) is 11.8 Å². The molecule has 1 fully saturated rings. The summed E-state index contributed by atoms with van der Waals surface area (Å²) < 4.78 is 12.1. The van der Waals surface area contributed by atoms with Crippen molar-refractivity contribution in [2.75, 3.05) is 13.2 Å². The molecule has 1 aliphatic rings. The van der Waals surface area contributed by atoms with Crippen molar-refractivity contribution in [2.24, 2.45) is 0 Å². The van der Waals surface area contributed by atoms with Crippen LogP contribution < -0.4 is 14.8 Å². The molecular weight excluding hydrogens is 378 g/mol. The lowest BCUT2D eigenvalue weighted by atomic mass is 10.1. The minimum absolute atomic E-state index is 0.164. The first-order chi connectivity index (χ1) is 13.2. The molecule has 0 unspecified atom stereocenters. The second kappa shape index (κ2) is 9.39. The van der Waals surface area contributed by atoms with Crippen LogP contribution in [0.1, 0.15) is 11.1 Å². The molecule has 0 bridgehead atoms. The van der Waals surface area contributed by atoms with E-state index in [9.17, 15) is 4.79 Å². The zero-order valence-corrected chi connectivity index (χ0v) is 16.3. The number of amides is 1. The van der Waals surface area contributed by atoms with E-state index in [1.54, 1.807) is 6.08 Å². The number of thiocarbonyl (C=S) groups is 1. The maximum Gasteiger partial charge on any atom is 0.263 e. The number of hydrogen-bond acceptors (Lipinski definition) is 5. The molecular formula is C21H19NO3S2. The number of para-hydroxylation sites is 1. The van der Waals surface area contributed by atoms with Crippen LogP contribution in [0, 0.1) is 0 Å². The van der Waals surface area contributed by atoms with Gasteiger partial charge in [-0.05, 0) is 41.8 Å². The first-order valence-electron chi connectivity index (χ1n) is 8.45. The zero-order chi connectivity index (χ0) is 19.1. The van der Waals surface area contributed by atoms with Crippen LogP contribution in [-0.4, -0.2) is 23.4 Å². The van der Waals surface area contributed by atoms with E-state index >= 15 is 0 Å². The van der Waals surface area contributed by atoms with Crippen molar-refractivity contribution in [2.45, 2.75) is 6.42 Å². The largest absolute Gasteiger partial charge is 0.490 e. The summed E-state index contributed by atoms with van der Waals surface area (Å²) >= 11 is 6.26. The maximum atomic E-state index is 11.8. The highest BCUT2D eigenvalue weighted by molar-refractivity contribution is 8.26. The summed E-state index contributed by atoms with van der Waals surface area (Å²) in [5.41, 5.74) is 1.98. The molecule has 3 rings (SSSR count). The van der Waals surface area contributed by atoms with Crippen LogP contribution in [0.2, 0.25) is 0 Å². The van der Waals surface area contributed by atoms with Gasteiger partial charge in [-0.3, -0.25) is 4.79 Å². The molecule has 138 valence electrons. The molecule has 2 aromatic rings. The van der Waals surface area contributed by atoms with Gasteiger partial charge >= 0.3 is 0 Å². The third-order valence-corrected chi connectivity index (χ3v) is 4.91. The highest BCUT2D eigenvalue weighted by Gasteiger charge is 2.21. The SMILES string of the molecule is C=CCc1ccccc1OCCOc1cccc(C=C2SC(=S)NC2=O)c1. The average molecular weight is 398 g/mol. The Kier molecular flexibility index (Phi) is 6.68. The first kappa shape index (κ1) is 19.2. The Morgan fingerprint density at radius 2 is 1.93 bits per heavy atom. The van der Waals surface area contributed by atoms with Crippen molar-refractivity contribution in [3.63, 3.8) is 0 Å². The second-order valence-electron chi connectivity index (χ2n) is 5.72. The van der Waals surface area contributed by atoms with Gasteiger partial charge < -0.3 is 14.8 Å². The Bertz CT molecular complexity index is 893. The molecule has 4 nitrogen and oxygen atoms in total. The predicted molar refractivity (Wildman–Crippen MR) is 114 cm³/mol. The Morgan fingerprint density at radius 3 is 2.70 bits per heavy atom. The fourth-order valence-corrected chi connectivity index (χ4v) is 3.59. The number of thioether (sulfide) groups is 1. The molecule has 1 aliphatic heterocycles. The molecule has 2 aromatic carbocycles. The quantitative estimate of drug-likeness (QED) is 0.310. The lowest BCUT2D eigenvalue weighted by Crippen LogP contribution is -2.17. The number of ether oxygens (including phenoxy) is 2. The number of allylic oxidation sites excluding steroid dienone is 1. The summed E-state index contributed by atoms with van der Waals surface area (Å²) in [5, 5.41) is 2.61. The van der Waals surface area contributed by atoms with Gasteiger partial charge in [-0.15, -0.1) is 6.58 Å². The maximum absolute atomic E-state index is 11.8. The van der Waals surface area contributed by atoms with E-state index in [-0.39, 0.29) is 5.91 Å². The molecule has 1 saturated heterocycles. The van der Waals surface area contributed by atoms with Gasteiger partial charge in [0.15, 0.2) is 0 Å². The van der Waals surface area contributed by atoms with Crippen LogP contribution in [0.25, 0.3) is 6.08 Å². The number of benzene rings is 2. The monoisotopic (exact) mass is 397 g/mol. The number of nitrogens with one attached hydrogen (secondary N) is 1. The molecule has 0 aliphatic carbocycles. The van der Waals surface area contributed by atoms with Crippen molar-refractivity contribution in [3.05, 3.63) is 77.2 Å². The molecule has 0 aromatic heterocycles. The Morgan fingerprint density at radius 1 is 1.11 bits per heavy atom. The second-order valence-corrected chi connectivity index (χ2v) is 7.44. The number of carbonyl (C=O) groups is 1. The van der Waals surface area contributed by atoms with E-state index in [2.05, 4.69) is 11.9 Å². The van der Waals surface area contributed by atoms with Crippen molar-refractivity contribution in [1.29, 1.82) is 0 Å². The average Bonchev–Trinajstić information content (AvgIpc) is 2.97. The van der Waals surface area contributed by atoms with Gasteiger partial charge in [0.1, 0.15) is 29.0 Å². The normalized spacial score (nSPS) is 14.9. The molecule has 0 radical (unpaired) electrons. The highest BCUT2D eigenvalue weighted by Crippen LogP contribution is 2.27. The first-order valence-corrected chi connectivity index (χ1v) is 9.67. The minimum Gasteiger partial charge on any atom is -0.490 e. The summed E-state index contributed by atoms with van der Waals surface area (Å²) in [4.78, 5) is 12.3. The molecule has 27 heavy (non-hydrogen) atoms. The molecule has 0 atom stereocenters. The van der Waals surface area contributed by atoms with Crippen LogP contribution in [-0.2, 0) is 11.2 Å². The van der Waals surface area contributed by atoms with Crippen molar-refractivity contribution >= 4 is 40.3 Å². The molecule has 6 heteroatoms. The number of rotatable bonds is 8. The van der Waals surface area contributed by atoms with Crippen molar-refractivity contribution < 1.29 is 14.3 Å². The molecule has 1 amide bonds. The van der Waals surface area contributed by atoms with Crippen LogP contribution in [0.15, 0.2) is 66.1 Å². The molecule has 0 saturated carbocycles. The van der Waals surface area contributed by atoms with Gasteiger partial charge in [0.05, 0.1) is 4.91 Å². The van der Waals surface area contributed by atoms with Gasteiger partial charge in [-0.25, -0.2) is 0 Å². The van der Waals surface area contributed by atoms with Gasteiger partial charge in [0.2, 0.25) is 0 Å². The Labute approximate surface area is 168 Å². The zero-order valence-electron chi connectivity index (χ0n) is 14.6. The number of carbonyl (C=O) groups excluding carboxylic acids is 1. The van der Waals surface area contributed by atoms with Gasteiger partial charge in [-0.1, -0.05) is 60.4 Å².